The molecule has 1 N–H and O–H groups in total. The summed E-state index contributed by atoms with van der Waals surface area (Å²) in [6, 6.07) is 7.81. The summed E-state index contributed by atoms with van der Waals surface area (Å²) < 4.78 is 37.7. The highest BCUT2D eigenvalue weighted by molar-refractivity contribution is 7.90. The number of carbonyl (C=O) groups is 1. The van der Waals surface area contributed by atoms with E-state index in [4.69, 9.17) is 0 Å². The van der Waals surface area contributed by atoms with Gasteiger partial charge in [-0.15, -0.1) is 0 Å². The molecule has 1 aliphatic heterocycles. The molecule has 2 aromatic carbocycles. The van der Waals surface area contributed by atoms with Crippen molar-refractivity contribution < 1.29 is 22.5 Å². The van der Waals surface area contributed by atoms with Crippen molar-refractivity contribution >= 4 is 27.1 Å². The molecule has 0 saturated heterocycles. The van der Waals surface area contributed by atoms with E-state index >= 15 is 0 Å². The van der Waals surface area contributed by atoms with Crippen molar-refractivity contribution in [1.82, 2.24) is 4.90 Å². The van der Waals surface area contributed by atoms with Gasteiger partial charge in [0.25, 0.3) is 5.69 Å². The average molecular weight is 421 g/mol. The number of rotatable bonds is 4. The number of nitro groups is 1. The van der Waals surface area contributed by atoms with Gasteiger partial charge in [-0.2, -0.15) is 0 Å². The Morgan fingerprint density at radius 3 is 2.62 bits per heavy atom. The second kappa shape index (κ2) is 7.78. The summed E-state index contributed by atoms with van der Waals surface area (Å²) in [4.78, 5) is 23.5. The van der Waals surface area contributed by atoms with Gasteiger partial charge in [0.05, 0.1) is 11.0 Å². The predicted molar refractivity (Wildman–Crippen MR) is 105 cm³/mol. The van der Waals surface area contributed by atoms with Gasteiger partial charge in [-0.1, -0.05) is 6.07 Å². The summed E-state index contributed by atoms with van der Waals surface area (Å²) in [5.74, 6) is -0.543. The van der Waals surface area contributed by atoms with Gasteiger partial charge >= 0.3 is 0 Å². The standard InChI is InChI=1S/C19H20FN3O5S/c1-12(24)22-8-7-17(16-5-3-14(20)9-13(16)11-22)21-15-4-6-18(23(25)26)19(10-15)29(2,27)28/h3-6,9-10,17,21H,7-8,11H2,1-2H3. The molecule has 1 heterocycles. The van der Waals surface area contributed by atoms with E-state index in [0.29, 0.717) is 24.2 Å². The topological polar surface area (TPSA) is 110 Å². The molecule has 1 atom stereocenters. The molecule has 10 heteroatoms. The Morgan fingerprint density at radius 2 is 2.00 bits per heavy atom. The Balaban J connectivity index is 2.00. The predicted octanol–water partition coefficient (Wildman–Crippen LogP) is 3.04. The Morgan fingerprint density at radius 1 is 1.28 bits per heavy atom. The molecule has 0 aromatic heterocycles. The molecule has 0 bridgehead atoms. The zero-order chi connectivity index (χ0) is 21.3. The second-order valence-corrected chi connectivity index (χ2v) is 8.97. The third-order valence-electron chi connectivity index (χ3n) is 4.87. The first kappa shape index (κ1) is 20.7. The molecule has 0 aliphatic carbocycles. The number of sulfone groups is 1. The van der Waals surface area contributed by atoms with Crippen LogP contribution in [0, 0.1) is 15.9 Å². The van der Waals surface area contributed by atoms with Gasteiger partial charge in [0, 0.05) is 38.0 Å². The fraction of sp³-hybridized carbons (Fsp3) is 0.316. The second-order valence-electron chi connectivity index (χ2n) is 6.98. The van der Waals surface area contributed by atoms with Crippen LogP contribution in [0.4, 0.5) is 15.8 Å². The summed E-state index contributed by atoms with van der Waals surface area (Å²) in [6.07, 6.45) is 1.41. The largest absolute Gasteiger partial charge is 0.378 e. The maximum atomic E-state index is 13.8. The van der Waals surface area contributed by atoms with Gasteiger partial charge in [0.1, 0.15) is 10.7 Å². The fourth-order valence-corrected chi connectivity index (χ4v) is 4.31. The summed E-state index contributed by atoms with van der Waals surface area (Å²) in [5, 5.41) is 14.3. The van der Waals surface area contributed by atoms with Crippen LogP contribution in [-0.2, 0) is 21.2 Å². The summed E-state index contributed by atoms with van der Waals surface area (Å²) in [7, 11) is -3.82. The van der Waals surface area contributed by atoms with Crippen LogP contribution < -0.4 is 5.32 Å². The van der Waals surface area contributed by atoms with Crippen molar-refractivity contribution in [3.05, 3.63) is 63.5 Å². The molecule has 8 nitrogen and oxygen atoms in total. The smallest absolute Gasteiger partial charge is 0.288 e. The summed E-state index contributed by atoms with van der Waals surface area (Å²) in [5.41, 5.74) is 1.33. The molecule has 0 saturated carbocycles. The molecule has 0 radical (unpaired) electrons. The minimum Gasteiger partial charge on any atom is -0.378 e. The number of nitro benzene ring substituents is 1. The highest BCUT2D eigenvalue weighted by atomic mass is 32.2. The van der Waals surface area contributed by atoms with Gasteiger partial charge in [0.2, 0.25) is 5.91 Å². The Bertz CT molecular complexity index is 1090. The minimum atomic E-state index is -3.82. The lowest BCUT2D eigenvalue weighted by atomic mass is 9.99. The zero-order valence-corrected chi connectivity index (χ0v) is 16.7. The minimum absolute atomic E-state index is 0.129. The lowest BCUT2D eigenvalue weighted by molar-refractivity contribution is -0.387. The maximum Gasteiger partial charge on any atom is 0.288 e. The van der Waals surface area contributed by atoms with Crippen LogP contribution in [0.25, 0.3) is 0 Å². The number of anilines is 1. The molecule has 29 heavy (non-hydrogen) atoms. The first-order chi connectivity index (χ1) is 13.6. The van der Waals surface area contributed by atoms with Crippen LogP contribution in [0.1, 0.15) is 30.5 Å². The summed E-state index contributed by atoms with van der Waals surface area (Å²) >= 11 is 0. The number of benzene rings is 2. The van der Waals surface area contributed by atoms with Crippen molar-refractivity contribution in [2.24, 2.45) is 0 Å². The van der Waals surface area contributed by atoms with E-state index in [1.54, 1.807) is 11.0 Å². The Labute approximate surface area is 167 Å². The third-order valence-corrected chi connectivity index (χ3v) is 6.00. The molecule has 154 valence electrons. The highest BCUT2D eigenvalue weighted by Gasteiger charge is 2.26. The number of halogens is 1. The van der Waals surface area contributed by atoms with Gasteiger partial charge in [-0.25, -0.2) is 12.8 Å². The van der Waals surface area contributed by atoms with Crippen LogP contribution in [0.5, 0.6) is 0 Å². The van der Waals surface area contributed by atoms with Gasteiger partial charge < -0.3 is 10.2 Å². The third kappa shape index (κ3) is 4.53. The van der Waals surface area contributed by atoms with Crippen LogP contribution in [0.3, 0.4) is 0 Å². The van der Waals surface area contributed by atoms with Gasteiger partial charge in [-0.05, 0) is 41.8 Å². The van der Waals surface area contributed by atoms with E-state index in [-0.39, 0.29) is 23.4 Å². The highest BCUT2D eigenvalue weighted by Crippen LogP contribution is 2.33. The number of hydrogen-bond donors (Lipinski definition) is 1. The lowest BCUT2D eigenvalue weighted by Crippen LogP contribution is -2.28. The SMILES string of the molecule is CC(=O)N1CCC(Nc2ccc([N+](=O)[O-])c(S(C)(=O)=O)c2)c2ccc(F)cc2C1. The number of fused-ring (bicyclic) bond motifs is 1. The molecule has 3 rings (SSSR count). The number of nitrogens with one attached hydrogen (secondary N) is 1. The normalized spacial score (nSPS) is 16.7. The van der Waals surface area contributed by atoms with Crippen LogP contribution in [0.15, 0.2) is 41.3 Å². The quantitative estimate of drug-likeness (QED) is 0.600. The molecular weight excluding hydrogens is 401 g/mol. The molecule has 1 unspecified atom stereocenters. The van der Waals surface area contributed by atoms with Gasteiger partial charge in [0.15, 0.2) is 9.84 Å². The monoisotopic (exact) mass is 421 g/mol. The van der Waals surface area contributed by atoms with Crippen LogP contribution in [-0.4, -0.2) is 36.9 Å². The van der Waals surface area contributed by atoms with Crippen molar-refractivity contribution in [2.45, 2.75) is 30.8 Å². The number of hydrogen-bond acceptors (Lipinski definition) is 6. The maximum absolute atomic E-state index is 13.8. The van der Waals surface area contributed by atoms with Crippen LogP contribution in [0.2, 0.25) is 0 Å². The first-order valence-corrected chi connectivity index (χ1v) is 10.7. The van der Waals surface area contributed by atoms with E-state index in [2.05, 4.69) is 5.32 Å². The molecule has 1 aliphatic rings. The van der Waals surface area contributed by atoms with Gasteiger partial charge in [-0.3, -0.25) is 14.9 Å². The Kier molecular flexibility index (Phi) is 5.56. The number of carbonyl (C=O) groups excluding carboxylic acids is 1. The molecular formula is C19H20FN3O5S. The number of amides is 1. The fourth-order valence-electron chi connectivity index (χ4n) is 3.45. The average Bonchev–Trinajstić information content (AvgIpc) is 2.80. The van der Waals surface area contributed by atoms with Crippen molar-refractivity contribution in [2.75, 3.05) is 18.1 Å². The molecule has 0 fully saturated rings. The van der Waals surface area contributed by atoms with Crippen LogP contribution >= 0.6 is 0 Å². The summed E-state index contributed by atoms with van der Waals surface area (Å²) in [6.45, 7) is 2.14. The van der Waals surface area contributed by atoms with E-state index in [1.165, 1.54) is 31.2 Å². The molecule has 2 aromatic rings. The Hall–Kier alpha value is -3.01. The zero-order valence-electron chi connectivity index (χ0n) is 15.9. The van der Waals surface area contributed by atoms with Crippen molar-refractivity contribution in [1.29, 1.82) is 0 Å². The van der Waals surface area contributed by atoms with E-state index in [0.717, 1.165) is 17.9 Å². The lowest BCUT2D eigenvalue weighted by Gasteiger charge is -2.21. The van der Waals surface area contributed by atoms with Crippen molar-refractivity contribution in [3.8, 4) is 0 Å². The molecule has 1 amide bonds. The van der Waals surface area contributed by atoms with E-state index < -0.39 is 26.3 Å². The van der Waals surface area contributed by atoms with E-state index in [1.807, 2.05) is 0 Å². The molecule has 0 spiro atoms. The van der Waals surface area contributed by atoms with Crippen molar-refractivity contribution in [3.63, 3.8) is 0 Å². The van der Waals surface area contributed by atoms with E-state index in [9.17, 15) is 27.7 Å². The first-order valence-electron chi connectivity index (χ1n) is 8.85. The number of nitrogens with zero attached hydrogens (tertiary/aromatic N) is 2.